The number of aromatic amines is 1. The number of benzene rings is 1. The largest absolute Gasteiger partial charge is 0.497 e. The molecule has 1 amide bonds. The molecular weight excluding hydrogens is 326 g/mol. The molecule has 1 heterocycles. The minimum Gasteiger partial charge on any atom is -0.497 e. The van der Waals surface area contributed by atoms with Gasteiger partial charge in [0, 0.05) is 12.0 Å². The van der Waals surface area contributed by atoms with Gasteiger partial charge >= 0.3 is 0 Å². The molecule has 1 aliphatic carbocycles. The molecule has 0 unspecified atom stereocenters. The molecule has 5 heteroatoms. The second kappa shape index (κ2) is 8.39. The van der Waals surface area contributed by atoms with Crippen LogP contribution in [0.3, 0.4) is 0 Å². The van der Waals surface area contributed by atoms with Crippen LogP contribution in [0.15, 0.2) is 24.3 Å². The molecule has 140 valence electrons. The lowest BCUT2D eigenvalue weighted by atomic mass is 10.0. The first kappa shape index (κ1) is 18.5. The fraction of sp³-hybridized carbons (Fsp3) is 0.524. The molecule has 0 atom stereocenters. The second-order valence-electron chi connectivity index (χ2n) is 7.66. The highest BCUT2D eigenvalue weighted by Crippen LogP contribution is 2.33. The van der Waals surface area contributed by atoms with Gasteiger partial charge in [-0.25, -0.2) is 0 Å². The van der Waals surface area contributed by atoms with Crippen LogP contribution < -0.4 is 10.1 Å². The lowest BCUT2D eigenvalue weighted by Crippen LogP contribution is -2.16. The number of aromatic nitrogens is 2. The third-order valence-electron chi connectivity index (χ3n) is 5.03. The van der Waals surface area contributed by atoms with Crippen LogP contribution in [0.1, 0.15) is 51.6 Å². The molecule has 26 heavy (non-hydrogen) atoms. The highest BCUT2D eigenvalue weighted by molar-refractivity contribution is 5.95. The van der Waals surface area contributed by atoms with Gasteiger partial charge in [0.05, 0.1) is 18.5 Å². The highest BCUT2D eigenvalue weighted by Gasteiger charge is 2.22. The minimum atomic E-state index is 0.0954. The van der Waals surface area contributed by atoms with Crippen molar-refractivity contribution in [3.63, 3.8) is 0 Å². The Morgan fingerprint density at radius 3 is 2.58 bits per heavy atom. The predicted molar refractivity (Wildman–Crippen MR) is 104 cm³/mol. The number of carbonyl (C=O) groups is 1. The van der Waals surface area contributed by atoms with Gasteiger partial charge < -0.3 is 10.1 Å². The number of H-pyrrole nitrogens is 1. The SMILES string of the molecule is COc1ccc(-c2n[nH]c(CC(C)C)c2NC(=O)CC2CCCC2)cc1. The molecule has 1 aromatic heterocycles. The van der Waals surface area contributed by atoms with Gasteiger partial charge in [0.15, 0.2) is 0 Å². The first-order valence-corrected chi connectivity index (χ1v) is 9.58. The summed E-state index contributed by atoms with van der Waals surface area (Å²) in [4.78, 5) is 12.6. The zero-order valence-electron chi connectivity index (χ0n) is 16.0. The molecule has 3 rings (SSSR count). The standard InChI is InChI=1S/C21H29N3O2/c1-14(2)12-18-21(22-19(25)13-15-6-4-5-7-15)20(24-23-18)16-8-10-17(26-3)11-9-16/h8-11,14-15H,4-7,12-13H2,1-3H3,(H,22,25)(H,23,24). The minimum absolute atomic E-state index is 0.0954. The summed E-state index contributed by atoms with van der Waals surface area (Å²) in [7, 11) is 1.65. The predicted octanol–water partition coefficient (Wildman–Crippen LogP) is 4.80. The van der Waals surface area contributed by atoms with E-state index in [1.54, 1.807) is 7.11 Å². The lowest BCUT2D eigenvalue weighted by Gasteiger charge is -2.12. The van der Waals surface area contributed by atoms with E-state index in [4.69, 9.17) is 4.74 Å². The number of nitrogens with one attached hydrogen (secondary N) is 2. The Morgan fingerprint density at radius 2 is 1.96 bits per heavy atom. The van der Waals surface area contributed by atoms with Gasteiger partial charge in [-0.3, -0.25) is 9.89 Å². The number of nitrogens with zero attached hydrogens (tertiary/aromatic N) is 1. The maximum Gasteiger partial charge on any atom is 0.224 e. The summed E-state index contributed by atoms with van der Waals surface area (Å²) in [6, 6.07) is 7.77. The van der Waals surface area contributed by atoms with E-state index in [9.17, 15) is 4.79 Å². The first-order valence-electron chi connectivity index (χ1n) is 9.58. The Kier molecular flexibility index (Phi) is 5.96. The van der Waals surface area contributed by atoms with Gasteiger partial charge in [0.2, 0.25) is 5.91 Å². The van der Waals surface area contributed by atoms with Gasteiger partial charge in [-0.15, -0.1) is 0 Å². The van der Waals surface area contributed by atoms with Gasteiger partial charge in [-0.2, -0.15) is 5.10 Å². The molecule has 5 nitrogen and oxygen atoms in total. The Labute approximate surface area is 155 Å². The third kappa shape index (κ3) is 4.45. The van der Waals surface area contributed by atoms with Crippen molar-refractivity contribution in [2.45, 2.75) is 52.4 Å². The molecule has 1 aromatic carbocycles. The zero-order valence-corrected chi connectivity index (χ0v) is 16.0. The van der Waals surface area contributed by atoms with Gasteiger partial charge in [-0.05, 0) is 55.4 Å². The van der Waals surface area contributed by atoms with E-state index < -0.39 is 0 Å². The molecule has 0 spiro atoms. The van der Waals surface area contributed by atoms with Gasteiger partial charge in [0.1, 0.15) is 11.4 Å². The normalized spacial score (nSPS) is 14.8. The molecular formula is C21H29N3O2. The molecule has 1 saturated carbocycles. The fourth-order valence-electron chi connectivity index (χ4n) is 3.69. The topological polar surface area (TPSA) is 67.0 Å². The smallest absolute Gasteiger partial charge is 0.224 e. The summed E-state index contributed by atoms with van der Waals surface area (Å²) in [5.74, 6) is 1.90. The number of rotatable bonds is 7. The maximum absolute atomic E-state index is 12.6. The van der Waals surface area contributed by atoms with Crippen LogP contribution in [0, 0.1) is 11.8 Å². The third-order valence-corrected chi connectivity index (χ3v) is 5.03. The first-order chi connectivity index (χ1) is 12.6. The van der Waals surface area contributed by atoms with E-state index in [1.165, 1.54) is 25.7 Å². The fourth-order valence-corrected chi connectivity index (χ4v) is 3.69. The highest BCUT2D eigenvalue weighted by atomic mass is 16.5. The lowest BCUT2D eigenvalue weighted by molar-refractivity contribution is -0.117. The van der Waals surface area contributed by atoms with E-state index in [2.05, 4.69) is 29.4 Å². The summed E-state index contributed by atoms with van der Waals surface area (Å²) in [6.45, 7) is 4.33. The van der Waals surface area contributed by atoms with Crippen LogP contribution in [0.5, 0.6) is 5.75 Å². The number of amides is 1. The van der Waals surface area contributed by atoms with E-state index >= 15 is 0 Å². The molecule has 1 aliphatic rings. The van der Waals surface area contributed by atoms with Crippen molar-refractivity contribution < 1.29 is 9.53 Å². The molecule has 2 N–H and O–H groups in total. The number of hydrogen-bond acceptors (Lipinski definition) is 3. The van der Waals surface area contributed by atoms with E-state index in [-0.39, 0.29) is 5.91 Å². The van der Waals surface area contributed by atoms with Crippen LogP contribution in [-0.4, -0.2) is 23.2 Å². The summed E-state index contributed by atoms with van der Waals surface area (Å²) in [5, 5.41) is 10.8. The Bertz CT molecular complexity index is 728. The van der Waals surface area contributed by atoms with Crippen LogP contribution in [-0.2, 0) is 11.2 Å². The molecule has 0 bridgehead atoms. The average Bonchev–Trinajstić information content (AvgIpc) is 3.25. The van der Waals surface area contributed by atoms with Crippen LogP contribution >= 0.6 is 0 Å². The van der Waals surface area contributed by atoms with Crippen LogP contribution in [0.25, 0.3) is 11.3 Å². The maximum atomic E-state index is 12.6. The van der Waals surface area contributed by atoms with Crippen molar-refractivity contribution in [1.82, 2.24) is 10.2 Å². The van der Waals surface area contributed by atoms with E-state index in [0.717, 1.165) is 34.8 Å². The van der Waals surface area contributed by atoms with Crippen LogP contribution in [0.2, 0.25) is 0 Å². The molecule has 0 saturated heterocycles. The second-order valence-corrected chi connectivity index (χ2v) is 7.66. The van der Waals surface area contributed by atoms with Crippen molar-refractivity contribution >= 4 is 11.6 Å². The Morgan fingerprint density at radius 1 is 1.27 bits per heavy atom. The van der Waals surface area contributed by atoms with Gasteiger partial charge in [-0.1, -0.05) is 26.7 Å². The monoisotopic (exact) mass is 355 g/mol. The number of anilines is 1. The Hall–Kier alpha value is -2.30. The summed E-state index contributed by atoms with van der Waals surface area (Å²) in [6.07, 6.45) is 6.29. The van der Waals surface area contributed by atoms with Gasteiger partial charge in [0.25, 0.3) is 0 Å². The number of ether oxygens (including phenoxy) is 1. The summed E-state index contributed by atoms with van der Waals surface area (Å²) < 4.78 is 5.23. The quantitative estimate of drug-likeness (QED) is 0.749. The van der Waals surface area contributed by atoms with E-state index in [0.29, 0.717) is 18.3 Å². The number of hydrogen-bond donors (Lipinski definition) is 2. The molecule has 1 fully saturated rings. The van der Waals surface area contributed by atoms with Crippen molar-refractivity contribution in [3.05, 3.63) is 30.0 Å². The molecule has 2 aromatic rings. The van der Waals surface area contributed by atoms with Crippen LogP contribution in [0.4, 0.5) is 5.69 Å². The molecule has 0 radical (unpaired) electrons. The number of methoxy groups -OCH3 is 1. The van der Waals surface area contributed by atoms with E-state index in [1.807, 2.05) is 24.3 Å². The summed E-state index contributed by atoms with van der Waals surface area (Å²) >= 11 is 0. The molecule has 0 aliphatic heterocycles. The van der Waals surface area contributed by atoms with Crippen molar-refractivity contribution in [1.29, 1.82) is 0 Å². The van der Waals surface area contributed by atoms with Crippen molar-refractivity contribution in [3.8, 4) is 17.0 Å². The summed E-state index contributed by atoms with van der Waals surface area (Å²) in [5.41, 5.74) is 3.58. The average molecular weight is 355 g/mol. The van der Waals surface area contributed by atoms with Crippen molar-refractivity contribution in [2.24, 2.45) is 11.8 Å². The Balaban J connectivity index is 1.83. The number of carbonyl (C=O) groups excluding carboxylic acids is 1. The van der Waals surface area contributed by atoms with Crippen molar-refractivity contribution in [2.75, 3.05) is 12.4 Å². The zero-order chi connectivity index (χ0) is 18.5.